The first-order valence-electron chi connectivity index (χ1n) is 6.03. The van der Waals surface area contributed by atoms with Crippen LogP contribution in [0.25, 0.3) is 0 Å². The molecule has 2 rings (SSSR count). The molecule has 1 atom stereocenters. The van der Waals surface area contributed by atoms with Crippen LogP contribution in [0.1, 0.15) is 25.3 Å². The van der Waals surface area contributed by atoms with E-state index in [4.69, 9.17) is 0 Å². The summed E-state index contributed by atoms with van der Waals surface area (Å²) in [6, 6.07) is 2.49. The highest BCUT2D eigenvalue weighted by Crippen LogP contribution is 2.33. The Bertz CT molecular complexity index is 470. The first-order valence-corrected chi connectivity index (χ1v) is 6.03. The third kappa shape index (κ3) is 3.18. The van der Waals surface area contributed by atoms with E-state index >= 15 is 0 Å². The van der Waals surface area contributed by atoms with Crippen molar-refractivity contribution in [2.24, 2.45) is 0 Å². The average molecular weight is 277 g/mol. The Morgan fingerprint density at radius 1 is 1.32 bits per heavy atom. The lowest BCUT2D eigenvalue weighted by atomic mass is 9.94. The Morgan fingerprint density at radius 2 is 2.00 bits per heavy atom. The van der Waals surface area contributed by atoms with E-state index in [0.29, 0.717) is 25.5 Å². The van der Waals surface area contributed by atoms with Gasteiger partial charge in [-0.2, -0.15) is 13.2 Å². The van der Waals surface area contributed by atoms with E-state index in [0.717, 1.165) is 12.1 Å². The van der Waals surface area contributed by atoms with Crippen LogP contribution in [0.2, 0.25) is 0 Å². The molecule has 0 aliphatic carbocycles. The number of halogens is 4. The van der Waals surface area contributed by atoms with E-state index in [2.05, 4.69) is 0 Å². The number of aliphatic hydroxyl groups is 1. The number of anilines is 1. The summed E-state index contributed by atoms with van der Waals surface area (Å²) in [6.45, 7) is 2.38. The number of piperidine rings is 1. The fourth-order valence-electron chi connectivity index (χ4n) is 2.37. The molecule has 1 aliphatic heterocycles. The minimum atomic E-state index is -4.55. The summed E-state index contributed by atoms with van der Waals surface area (Å²) in [5, 5.41) is 9.94. The molecule has 19 heavy (non-hydrogen) atoms. The van der Waals surface area contributed by atoms with E-state index in [1.165, 1.54) is 0 Å². The molecule has 1 saturated heterocycles. The molecule has 1 aromatic rings. The molecule has 0 saturated carbocycles. The molecule has 1 unspecified atom stereocenters. The minimum Gasteiger partial charge on any atom is -0.388 e. The second-order valence-electron chi connectivity index (χ2n) is 5.19. The van der Waals surface area contributed by atoms with Gasteiger partial charge in [0.25, 0.3) is 0 Å². The van der Waals surface area contributed by atoms with E-state index in [9.17, 15) is 22.7 Å². The lowest BCUT2D eigenvalue weighted by Crippen LogP contribution is -2.46. The van der Waals surface area contributed by atoms with Crippen LogP contribution < -0.4 is 4.90 Å². The molecule has 2 nitrogen and oxygen atoms in total. The van der Waals surface area contributed by atoms with Gasteiger partial charge in [-0.05, 0) is 38.0 Å². The van der Waals surface area contributed by atoms with Gasteiger partial charge in [-0.3, -0.25) is 0 Å². The molecule has 0 aromatic heterocycles. The Labute approximate surface area is 108 Å². The third-order valence-corrected chi connectivity index (χ3v) is 3.29. The Hall–Kier alpha value is -1.30. The summed E-state index contributed by atoms with van der Waals surface area (Å²) >= 11 is 0. The standard InChI is InChI=1S/C13H15F4NO/c1-12(19)5-2-6-18(8-12)11-4-3-9(7-10(11)14)13(15,16)17/h3-4,7,19H,2,5-6,8H2,1H3. The molecule has 1 aliphatic rings. The van der Waals surface area contributed by atoms with Crippen molar-refractivity contribution in [3.63, 3.8) is 0 Å². The summed E-state index contributed by atoms with van der Waals surface area (Å²) < 4.78 is 51.1. The van der Waals surface area contributed by atoms with Crippen LogP contribution in [-0.2, 0) is 6.18 Å². The first-order chi connectivity index (χ1) is 8.69. The molecule has 1 aromatic carbocycles. The van der Waals surface area contributed by atoms with E-state index in [1.54, 1.807) is 11.8 Å². The van der Waals surface area contributed by atoms with Gasteiger partial charge in [0.05, 0.1) is 16.9 Å². The summed E-state index contributed by atoms with van der Waals surface area (Å²) in [6.07, 6.45) is -3.27. The molecule has 0 radical (unpaired) electrons. The van der Waals surface area contributed by atoms with Crippen molar-refractivity contribution < 1.29 is 22.7 Å². The van der Waals surface area contributed by atoms with Crippen molar-refractivity contribution >= 4 is 5.69 Å². The highest BCUT2D eigenvalue weighted by molar-refractivity contribution is 5.50. The van der Waals surface area contributed by atoms with Crippen molar-refractivity contribution in [2.45, 2.75) is 31.5 Å². The lowest BCUT2D eigenvalue weighted by Gasteiger charge is -2.38. The van der Waals surface area contributed by atoms with Crippen molar-refractivity contribution in [1.29, 1.82) is 0 Å². The van der Waals surface area contributed by atoms with Crippen molar-refractivity contribution in [2.75, 3.05) is 18.0 Å². The Kier molecular flexibility index (Phi) is 3.47. The van der Waals surface area contributed by atoms with Gasteiger partial charge in [0.15, 0.2) is 0 Å². The third-order valence-electron chi connectivity index (χ3n) is 3.29. The normalized spacial score (nSPS) is 24.6. The van der Waals surface area contributed by atoms with Gasteiger partial charge in [0.1, 0.15) is 5.82 Å². The summed E-state index contributed by atoms with van der Waals surface area (Å²) in [4.78, 5) is 1.58. The van der Waals surface area contributed by atoms with Crippen molar-refractivity contribution in [3.05, 3.63) is 29.6 Å². The lowest BCUT2D eigenvalue weighted by molar-refractivity contribution is -0.137. The van der Waals surface area contributed by atoms with Crippen molar-refractivity contribution in [1.82, 2.24) is 0 Å². The van der Waals surface area contributed by atoms with Gasteiger partial charge in [0, 0.05) is 13.1 Å². The monoisotopic (exact) mass is 277 g/mol. The van der Waals surface area contributed by atoms with Crippen LogP contribution in [0, 0.1) is 5.82 Å². The zero-order valence-corrected chi connectivity index (χ0v) is 10.5. The number of alkyl halides is 3. The topological polar surface area (TPSA) is 23.5 Å². The zero-order chi connectivity index (χ0) is 14.3. The van der Waals surface area contributed by atoms with Crippen LogP contribution in [0.3, 0.4) is 0 Å². The molecule has 0 amide bonds. The maximum atomic E-state index is 13.8. The van der Waals surface area contributed by atoms with Gasteiger partial charge in [-0.15, -0.1) is 0 Å². The minimum absolute atomic E-state index is 0.105. The summed E-state index contributed by atoms with van der Waals surface area (Å²) in [5.74, 6) is -0.910. The molecule has 6 heteroatoms. The fourth-order valence-corrected chi connectivity index (χ4v) is 2.37. The Balaban J connectivity index is 2.26. The average Bonchev–Trinajstić information content (AvgIpc) is 2.26. The number of nitrogens with zero attached hydrogens (tertiary/aromatic N) is 1. The number of β-amino-alcohol motifs (C(OH)–C–C–N with tert-alkyl or cyclic N) is 1. The molecule has 1 N–H and O–H groups in total. The highest BCUT2D eigenvalue weighted by atomic mass is 19.4. The van der Waals surface area contributed by atoms with E-state index in [1.807, 2.05) is 0 Å². The smallest absolute Gasteiger partial charge is 0.388 e. The number of hydrogen-bond donors (Lipinski definition) is 1. The van der Waals surface area contributed by atoms with Crippen LogP contribution in [-0.4, -0.2) is 23.8 Å². The maximum Gasteiger partial charge on any atom is 0.416 e. The fraction of sp³-hybridized carbons (Fsp3) is 0.538. The molecule has 0 spiro atoms. The number of hydrogen-bond acceptors (Lipinski definition) is 2. The quantitative estimate of drug-likeness (QED) is 0.797. The first kappa shape index (κ1) is 14.1. The second kappa shape index (κ2) is 4.67. The van der Waals surface area contributed by atoms with Crippen LogP contribution in [0.15, 0.2) is 18.2 Å². The molecule has 1 heterocycles. The predicted octanol–water partition coefficient (Wildman–Crippen LogP) is 3.20. The van der Waals surface area contributed by atoms with Gasteiger partial charge in [-0.25, -0.2) is 4.39 Å². The van der Waals surface area contributed by atoms with Crippen LogP contribution in [0.4, 0.5) is 23.2 Å². The molecule has 0 bridgehead atoms. The van der Waals surface area contributed by atoms with E-state index < -0.39 is 23.2 Å². The predicted molar refractivity (Wildman–Crippen MR) is 63.5 cm³/mol. The summed E-state index contributed by atoms with van der Waals surface area (Å²) in [7, 11) is 0. The SMILES string of the molecule is CC1(O)CCCN(c2ccc(C(F)(F)F)cc2F)C1. The van der Waals surface area contributed by atoms with Gasteiger partial charge < -0.3 is 10.0 Å². The largest absolute Gasteiger partial charge is 0.416 e. The second-order valence-corrected chi connectivity index (χ2v) is 5.19. The van der Waals surface area contributed by atoms with E-state index in [-0.39, 0.29) is 12.2 Å². The highest BCUT2D eigenvalue weighted by Gasteiger charge is 2.33. The Morgan fingerprint density at radius 3 is 2.53 bits per heavy atom. The number of rotatable bonds is 1. The molecular weight excluding hydrogens is 262 g/mol. The molecular formula is C13H15F4NO. The van der Waals surface area contributed by atoms with Gasteiger partial charge >= 0.3 is 6.18 Å². The number of benzene rings is 1. The van der Waals surface area contributed by atoms with Crippen molar-refractivity contribution in [3.8, 4) is 0 Å². The maximum absolute atomic E-state index is 13.8. The van der Waals surface area contributed by atoms with Gasteiger partial charge in [-0.1, -0.05) is 0 Å². The zero-order valence-electron chi connectivity index (χ0n) is 10.5. The molecule has 106 valence electrons. The van der Waals surface area contributed by atoms with Crippen LogP contribution >= 0.6 is 0 Å². The van der Waals surface area contributed by atoms with Crippen LogP contribution in [0.5, 0.6) is 0 Å². The molecule has 1 fully saturated rings. The van der Waals surface area contributed by atoms with Gasteiger partial charge in [0.2, 0.25) is 0 Å². The summed E-state index contributed by atoms with van der Waals surface area (Å²) in [5.41, 5.74) is -1.83.